The first-order valence-electron chi connectivity index (χ1n) is 7.50. The summed E-state index contributed by atoms with van der Waals surface area (Å²) in [6.45, 7) is 3.92. The molecule has 0 aliphatic rings. The highest BCUT2D eigenvalue weighted by molar-refractivity contribution is 7.84. The van der Waals surface area contributed by atoms with Gasteiger partial charge in [-0.05, 0) is 26.0 Å². The van der Waals surface area contributed by atoms with E-state index in [-0.39, 0.29) is 0 Å². The minimum absolute atomic E-state index is 0.333. The summed E-state index contributed by atoms with van der Waals surface area (Å²) in [5.74, 6) is 1.88. The fourth-order valence-corrected chi connectivity index (χ4v) is 3.79. The summed E-state index contributed by atoms with van der Waals surface area (Å²) in [6.07, 6.45) is 1.86. The van der Waals surface area contributed by atoms with Crippen molar-refractivity contribution in [3.8, 4) is 11.5 Å². The molecule has 126 valence electrons. The number of nitrogens with zero attached hydrogens (tertiary/aromatic N) is 1. The van der Waals surface area contributed by atoms with E-state index in [0.717, 1.165) is 39.4 Å². The van der Waals surface area contributed by atoms with Gasteiger partial charge in [-0.3, -0.25) is 4.21 Å². The molecule has 1 atom stereocenters. The van der Waals surface area contributed by atoms with Gasteiger partial charge in [0.05, 0.1) is 47.2 Å². The third-order valence-electron chi connectivity index (χ3n) is 3.98. The van der Waals surface area contributed by atoms with E-state index in [0.29, 0.717) is 10.9 Å². The Morgan fingerprint density at radius 1 is 1.25 bits per heavy atom. The maximum absolute atomic E-state index is 12.7. The smallest absolute Gasteiger partial charge is 0.199 e. The number of nitrogens with one attached hydrogen (secondary N) is 2. The van der Waals surface area contributed by atoms with E-state index in [1.165, 1.54) is 0 Å². The molecule has 0 bridgehead atoms. The molecule has 3 rings (SSSR count). The fraction of sp³-hybridized carbons (Fsp3) is 0.294. The van der Waals surface area contributed by atoms with Gasteiger partial charge in [0, 0.05) is 6.07 Å². The van der Waals surface area contributed by atoms with Crippen LogP contribution in [0.5, 0.6) is 11.5 Å². The van der Waals surface area contributed by atoms with E-state index < -0.39 is 10.8 Å². The third-order valence-corrected chi connectivity index (χ3v) is 5.15. The van der Waals surface area contributed by atoms with Crippen LogP contribution in [0.25, 0.3) is 11.0 Å². The second-order valence-corrected chi connectivity index (χ2v) is 6.89. The summed E-state index contributed by atoms with van der Waals surface area (Å²) in [5.41, 5.74) is 4.42. The number of pyridine rings is 1. The lowest BCUT2D eigenvalue weighted by Gasteiger charge is -2.07. The average molecular weight is 346 g/mol. The van der Waals surface area contributed by atoms with Gasteiger partial charge in [-0.2, -0.15) is 0 Å². The summed E-state index contributed by atoms with van der Waals surface area (Å²) in [7, 11) is 1.96. The Labute approximate surface area is 142 Å². The lowest BCUT2D eigenvalue weighted by molar-refractivity contribution is -0.389. The van der Waals surface area contributed by atoms with Crippen molar-refractivity contribution in [1.82, 2.24) is 9.97 Å². The first-order chi connectivity index (χ1) is 11.5. The van der Waals surface area contributed by atoms with Crippen LogP contribution in [0.2, 0.25) is 0 Å². The molecular weight excluding hydrogens is 326 g/mol. The monoisotopic (exact) mass is 346 g/mol. The van der Waals surface area contributed by atoms with Gasteiger partial charge in [-0.15, -0.1) is 0 Å². The van der Waals surface area contributed by atoms with Crippen LogP contribution in [0.15, 0.2) is 29.6 Å². The number of aromatic nitrogens is 3. The first-order valence-corrected chi connectivity index (χ1v) is 8.82. The summed E-state index contributed by atoms with van der Waals surface area (Å²) in [5, 5.41) is 0.450. The molecule has 2 heterocycles. The minimum atomic E-state index is -1.30. The maximum Gasteiger partial charge on any atom is 0.199 e. The van der Waals surface area contributed by atoms with Gasteiger partial charge in [0.25, 0.3) is 0 Å². The van der Waals surface area contributed by atoms with Crippen molar-refractivity contribution >= 4 is 21.8 Å². The molecule has 6 nitrogen and oxygen atoms in total. The lowest BCUT2D eigenvalue weighted by atomic mass is 10.1. The van der Waals surface area contributed by atoms with Gasteiger partial charge in [-0.1, -0.05) is 0 Å². The Kier molecular flexibility index (Phi) is 4.53. The largest absolute Gasteiger partial charge is 0.497 e. The number of benzene rings is 1. The van der Waals surface area contributed by atoms with Crippen LogP contribution in [0.4, 0.5) is 0 Å². The van der Waals surface area contributed by atoms with Crippen LogP contribution in [-0.2, 0) is 16.6 Å². The number of methoxy groups -OCH3 is 2. The molecule has 2 N–H and O–H groups in total. The van der Waals surface area contributed by atoms with Crippen LogP contribution in [0, 0.1) is 13.8 Å². The van der Waals surface area contributed by atoms with E-state index in [1.54, 1.807) is 14.2 Å². The SMILES string of the molecule is COc1ccc2nc(S(=O)Cc3[nH+]cc(C)c(OC)c3C)[nH]c2c1. The minimum Gasteiger partial charge on any atom is -0.497 e. The second kappa shape index (κ2) is 6.60. The van der Waals surface area contributed by atoms with Gasteiger partial charge in [0.2, 0.25) is 0 Å². The molecule has 0 fully saturated rings. The number of ether oxygens (including phenoxy) is 2. The lowest BCUT2D eigenvalue weighted by Crippen LogP contribution is -2.17. The van der Waals surface area contributed by atoms with E-state index in [4.69, 9.17) is 9.47 Å². The first kappa shape index (κ1) is 16.4. The van der Waals surface area contributed by atoms with Crippen LogP contribution >= 0.6 is 0 Å². The summed E-state index contributed by atoms with van der Waals surface area (Å²) in [4.78, 5) is 10.7. The molecule has 2 aromatic heterocycles. The van der Waals surface area contributed by atoms with Crippen LogP contribution in [-0.4, -0.2) is 28.4 Å². The highest BCUT2D eigenvalue weighted by Crippen LogP contribution is 2.24. The Balaban J connectivity index is 1.90. The van der Waals surface area contributed by atoms with Crippen LogP contribution in [0.1, 0.15) is 16.8 Å². The number of H-pyrrole nitrogens is 2. The average Bonchev–Trinajstić information content (AvgIpc) is 3.01. The number of imidazole rings is 1. The number of rotatable bonds is 5. The highest BCUT2D eigenvalue weighted by Gasteiger charge is 2.20. The molecule has 0 amide bonds. The van der Waals surface area contributed by atoms with Crippen LogP contribution in [0.3, 0.4) is 0 Å². The summed E-state index contributed by atoms with van der Waals surface area (Å²) < 4.78 is 23.3. The Bertz CT molecular complexity index is 921. The normalized spacial score (nSPS) is 12.3. The Hall–Kier alpha value is -2.41. The zero-order valence-corrected chi connectivity index (χ0v) is 14.9. The van der Waals surface area contributed by atoms with Gasteiger partial charge < -0.3 is 14.5 Å². The molecule has 0 saturated carbocycles. The molecular formula is C17H20N3O3S+. The molecule has 0 aliphatic carbocycles. The van der Waals surface area contributed by atoms with Gasteiger partial charge in [-0.25, -0.2) is 9.97 Å². The van der Waals surface area contributed by atoms with Crippen molar-refractivity contribution in [2.24, 2.45) is 0 Å². The molecule has 0 spiro atoms. The van der Waals surface area contributed by atoms with Gasteiger partial charge in [0.1, 0.15) is 17.3 Å². The number of aromatic amines is 2. The van der Waals surface area contributed by atoms with E-state index in [9.17, 15) is 4.21 Å². The van der Waals surface area contributed by atoms with E-state index in [1.807, 2.05) is 38.2 Å². The zero-order chi connectivity index (χ0) is 17.3. The second-order valence-electron chi connectivity index (χ2n) is 5.52. The Morgan fingerprint density at radius 2 is 2.04 bits per heavy atom. The van der Waals surface area contributed by atoms with Crippen molar-refractivity contribution in [3.63, 3.8) is 0 Å². The Morgan fingerprint density at radius 3 is 2.75 bits per heavy atom. The molecule has 1 aromatic carbocycles. The molecule has 24 heavy (non-hydrogen) atoms. The number of fused-ring (bicyclic) bond motifs is 1. The molecule has 0 radical (unpaired) electrons. The summed E-state index contributed by atoms with van der Waals surface area (Å²) in [6, 6.07) is 5.52. The third kappa shape index (κ3) is 2.99. The number of hydrogen-bond donors (Lipinski definition) is 1. The number of hydrogen-bond acceptors (Lipinski definition) is 4. The maximum atomic E-state index is 12.7. The predicted molar refractivity (Wildman–Crippen MR) is 91.8 cm³/mol. The quantitative estimate of drug-likeness (QED) is 0.769. The van der Waals surface area contributed by atoms with Crippen molar-refractivity contribution in [2.75, 3.05) is 14.2 Å². The summed E-state index contributed by atoms with van der Waals surface area (Å²) >= 11 is 0. The van der Waals surface area contributed by atoms with Crippen molar-refractivity contribution in [2.45, 2.75) is 24.8 Å². The topological polar surface area (TPSA) is 78.3 Å². The highest BCUT2D eigenvalue weighted by atomic mass is 32.2. The molecule has 3 aromatic rings. The van der Waals surface area contributed by atoms with Crippen molar-refractivity contribution in [1.29, 1.82) is 0 Å². The predicted octanol–water partition coefficient (Wildman–Crippen LogP) is 2.32. The van der Waals surface area contributed by atoms with E-state index in [2.05, 4.69) is 15.0 Å². The van der Waals surface area contributed by atoms with Crippen molar-refractivity contribution in [3.05, 3.63) is 41.2 Å². The van der Waals surface area contributed by atoms with Crippen molar-refractivity contribution < 1.29 is 18.7 Å². The fourth-order valence-electron chi connectivity index (χ4n) is 2.67. The molecule has 7 heteroatoms. The van der Waals surface area contributed by atoms with E-state index >= 15 is 0 Å². The van der Waals surface area contributed by atoms with Gasteiger partial charge >= 0.3 is 0 Å². The number of aryl methyl sites for hydroxylation is 1. The zero-order valence-electron chi connectivity index (χ0n) is 14.1. The van der Waals surface area contributed by atoms with Gasteiger partial charge in [0.15, 0.2) is 17.0 Å². The molecule has 0 saturated heterocycles. The standard InChI is InChI=1S/C17H19N3O3S/c1-10-8-18-15(11(2)16(10)23-4)9-24(21)17-19-13-6-5-12(22-3)7-14(13)20-17/h5-8H,9H2,1-4H3,(H,19,20)/p+1. The molecule has 0 aliphatic heterocycles. The molecule has 1 unspecified atom stereocenters. The van der Waals surface area contributed by atoms with Crippen LogP contribution < -0.4 is 14.5 Å².